The Balaban J connectivity index is 2.17. The van der Waals surface area contributed by atoms with Gasteiger partial charge >= 0.3 is 0 Å². The normalized spacial score (nSPS) is 12.2. The molecule has 2 N–H and O–H groups in total. The second-order valence-electron chi connectivity index (χ2n) is 4.39. The van der Waals surface area contributed by atoms with Gasteiger partial charge in [-0.3, -0.25) is 4.68 Å². The zero-order chi connectivity index (χ0) is 13.5. The van der Waals surface area contributed by atoms with Crippen LogP contribution in [0.25, 0.3) is 0 Å². The third kappa shape index (κ3) is 5.23. The third-order valence-electron chi connectivity index (χ3n) is 2.73. The van der Waals surface area contributed by atoms with Gasteiger partial charge in [-0.05, 0) is 38.9 Å². The fourth-order valence-corrected chi connectivity index (χ4v) is 1.88. The van der Waals surface area contributed by atoms with Crippen LogP contribution in [-0.4, -0.2) is 27.5 Å². The summed E-state index contributed by atoms with van der Waals surface area (Å²) < 4.78 is 1.87. The van der Waals surface area contributed by atoms with E-state index in [2.05, 4.69) is 29.6 Å². The molecule has 1 unspecified atom stereocenters. The number of nitrogens with zero attached hydrogens (tertiary/aromatic N) is 2. The maximum atomic E-state index is 5.94. The smallest absolute Gasteiger partial charge is 0.166 e. The molecule has 0 radical (unpaired) electrons. The number of aryl methyl sites for hydroxylation is 2. The van der Waals surface area contributed by atoms with Gasteiger partial charge in [0.25, 0.3) is 0 Å². The summed E-state index contributed by atoms with van der Waals surface area (Å²) in [5.41, 5.74) is 0.874. The summed E-state index contributed by atoms with van der Waals surface area (Å²) in [5, 5.41) is 12.1. The number of hydrogen-bond acceptors (Lipinski definition) is 2. The van der Waals surface area contributed by atoms with E-state index in [9.17, 15) is 0 Å². The van der Waals surface area contributed by atoms with E-state index >= 15 is 0 Å². The monoisotopic (exact) mass is 288 g/mol. The van der Waals surface area contributed by atoms with Crippen molar-refractivity contribution in [1.82, 2.24) is 20.4 Å². The topological polar surface area (TPSA) is 41.9 Å². The molecule has 102 valence electrons. The largest absolute Gasteiger partial charge is 0.363 e. The fourth-order valence-electron chi connectivity index (χ4n) is 1.43. The van der Waals surface area contributed by atoms with Crippen molar-refractivity contribution in [3.05, 3.63) is 16.9 Å². The second kappa shape index (κ2) is 7.59. The molecule has 1 aromatic heterocycles. The molecule has 1 heterocycles. The molecule has 0 aliphatic heterocycles. The van der Waals surface area contributed by atoms with Gasteiger partial charge in [0.1, 0.15) is 0 Å². The molecule has 0 aliphatic rings. The minimum absolute atomic E-state index is 0.414. The average Bonchev–Trinajstić information content (AvgIpc) is 2.64. The van der Waals surface area contributed by atoms with Crippen molar-refractivity contribution in [3.63, 3.8) is 0 Å². The highest BCUT2D eigenvalue weighted by molar-refractivity contribution is 7.80. The Morgan fingerprint density at radius 3 is 2.89 bits per heavy atom. The van der Waals surface area contributed by atoms with Gasteiger partial charge in [0.05, 0.1) is 10.7 Å². The van der Waals surface area contributed by atoms with Crippen molar-refractivity contribution in [3.8, 4) is 0 Å². The van der Waals surface area contributed by atoms with E-state index in [-0.39, 0.29) is 0 Å². The lowest BCUT2D eigenvalue weighted by Gasteiger charge is -2.15. The summed E-state index contributed by atoms with van der Waals surface area (Å²) in [6, 6.07) is 0.414. The second-order valence-corrected chi connectivity index (χ2v) is 5.20. The highest BCUT2D eigenvalue weighted by Crippen LogP contribution is 2.11. The van der Waals surface area contributed by atoms with E-state index in [1.165, 1.54) is 0 Å². The number of halogens is 1. The lowest BCUT2D eigenvalue weighted by atomic mass is 10.3. The van der Waals surface area contributed by atoms with Gasteiger partial charge in [-0.1, -0.05) is 18.5 Å². The van der Waals surface area contributed by atoms with Crippen LogP contribution in [-0.2, 0) is 6.54 Å². The maximum Gasteiger partial charge on any atom is 0.166 e. The third-order valence-corrected chi connectivity index (χ3v) is 3.36. The number of rotatable bonds is 6. The van der Waals surface area contributed by atoms with Crippen LogP contribution < -0.4 is 10.6 Å². The summed E-state index contributed by atoms with van der Waals surface area (Å²) >= 11 is 11.1. The van der Waals surface area contributed by atoms with Crippen LogP contribution in [0, 0.1) is 6.92 Å². The van der Waals surface area contributed by atoms with Crippen molar-refractivity contribution < 1.29 is 0 Å². The quantitative estimate of drug-likeness (QED) is 0.623. The molecule has 1 atom stereocenters. The molecule has 0 spiro atoms. The predicted octanol–water partition coefficient (Wildman–Crippen LogP) is 2.50. The predicted molar refractivity (Wildman–Crippen MR) is 80.1 cm³/mol. The highest BCUT2D eigenvalue weighted by Gasteiger charge is 2.02. The van der Waals surface area contributed by atoms with Crippen molar-refractivity contribution in [2.75, 3.05) is 6.54 Å². The number of aromatic nitrogens is 2. The Bertz CT molecular complexity index is 372. The van der Waals surface area contributed by atoms with Crippen molar-refractivity contribution in [1.29, 1.82) is 0 Å². The van der Waals surface area contributed by atoms with Crippen molar-refractivity contribution in [2.24, 2.45) is 0 Å². The first kappa shape index (κ1) is 15.2. The lowest BCUT2D eigenvalue weighted by Crippen LogP contribution is -2.40. The van der Waals surface area contributed by atoms with Crippen LogP contribution in [0.15, 0.2) is 6.20 Å². The van der Waals surface area contributed by atoms with Gasteiger partial charge < -0.3 is 10.6 Å². The summed E-state index contributed by atoms with van der Waals surface area (Å²) in [6.07, 6.45) is 3.87. The van der Waals surface area contributed by atoms with E-state index in [4.69, 9.17) is 23.8 Å². The molecule has 1 rings (SSSR count). The van der Waals surface area contributed by atoms with E-state index < -0.39 is 0 Å². The zero-order valence-corrected chi connectivity index (χ0v) is 12.7. The molecule has 0 saturated carbocycles. The Morgan fingerprint density at radius 1 is 1.61 bits per heavy atom. The summed E-state index contributed by atoms with van der Waals surface area (Å²) in [5.74, 6) is 0. The van der Waals surface area contributed by atoms with Crippen molar-refractivity contribution >= 4 is 28.9 Å². The van der Waals surface area contributed by atoms with E-state index in [0.717, 1.165) is 41.8 Å². The minimum Gasteiger partial charge on any atom is -0.363 e. The molecule has 0 bridgehead atoms. The van der Waals surface area contributed by atoms with Crippen LogP contribution in [0.5, 0.6) is 0 Å². The van der Waals surface area contributed by atoms with Gasteiger partial charge in [-0.25, -0.2) is 0 Å². The maximum absolute atomic E-state index is 5.94. The molecule has 0 fully saturated rings. The average molecular weight is 289 g/mol. The van der Waals surface area contributed by atoms with E-state index in [1.807, 2.05) is 17.8 Å². The van der Waals surface area contributed by atoms with Crippen LogP contribution in [0.1, 0.15) is 32.4 Å². The minimum atomic E-state index is 0.414. The Kier molecular flexibility index (Phi) is 6.43. The molecule has 0 aliphatic carbocycles. The van der Waals surface area contributed by atoms with Crippen LogP contribution in [0.3, 0.4) is 0 Å². The molecular weight excluding hydrogens is 268 g/mol. The first-order valence-electron chi connectivity index (χ1n) is 6.26. The first-order chi connectivity index (χ1) is 8.52. The van der Waals surface area contributed by atoms with Crippen LogP contribution in [0.4, 0.5) is 0 Å². The fraction of sp³-hybridized carbons (Fsp3) is 0.667. The summed E-state index contributed by atoms with van der Waals surface area (Å²) in [4.78, 5) is 0. The lowest BCUT2D eigenvalue weighted by molar-refractivity contribution is 0.564. The zero-order valence-electron chi connectivity index (χ0n) is 11.2. The number of nitrogens with one attached hydrogen (secondary N) is 2. The van der Waals surface area contributed by atoms with Gasteiger partial charge in [0.2, 0.25) is 0 Å². The molecule has 1 aromatic rings. The van der Waals surface area contributed by atoms with Gasteiger partial charge in [-0.2, -0.15) is 5.10 Å². The standard InChI is InChI=1S/C12H21ClN4S/c1-4-9(2)15-12(18)14-6-5-7-17-8-11(13)10(3)16-17/h8-9H,4-7H2,1-3H3,(H2,14,15,18). The SMILES string of the molecule is CCC(C)NC(=S)NCCCn1cc(Cl)c(C)n1. The first-order valence-corrected chi connectivity index (χ1v) is 7.05. The van der Waals surface area contributed by atoms with Gasteiger partial charge in [-0.15, -0.1) is 0 Å². The molecule has 4 nitrogen and oxygen atoms in total. The summed E-state index contributed by atoms with van der Waals surface area (Å²) in [7, 11) is 0. The number of hydrogen-bond donors (Lipinski definition) is 2. The van der Waals surface area contributed by atoms with E-state index in [0.29, 0.717) is 6.04 Å². The molecular formula is C12H21ClN4S. The number of thiocarbonyl (C=S) groups is 1. The van der Waals surface area contributed by atoms with Crippen molar-refractivity contribution in [2.45, 2.75) is 46.2 Å². The van der Waals surface area contributed by atoms with Gasteiger partial charge in [0, 0.05) is 25.3 Å². The molecule has 0 saturated heterocycles. The Hall–Kier alpha value is -0.810. The van der Waals surface area contributed by atoms with Gasteiger partial charge in [0.15, 0.2) is 5.11 Å². The van der Waals surface area contributed by atoms with Crippen LogP contribution >= 0.6 is 23.8 Å². The van der Waals surface area contributed by atoms with E-state index in [1.54, 1.807) is 0 Å². The molecule has 0 amide bonds. The molecule has 6 heteroatoms. The Labute approximate surface area is 119 Å². The highest BCUT2D eigenvalue weighted by atomic mass is 35.5. The molecule has 0 aromatic carbocycles. The Morgan fingerprint density at radius 2 is 2.33 bits per heavy atom. The van der Waals surface area contributed by atoms with Crippen LogP contribution in [0.2, 0.25) is 5.02 Å². The summed E-state index contributed by atoms with van der Waals surface area (Å²) in [6.45, 7) is 7.82. The molecule has 18 heavy (non-hydrogen) atoms.